The van der Waals surface area contributed by atoms with Crippen molar-refractivity contribution >= 4 is 26.5 Å². The number of nitrogens with one attached hydrogen (secondary N) is 1. The zero-order valence-corrected chi connectivity index (χ0v) is 12.0. The molecule has 2 rings (SSSR count). The zero-order chi connectivity index (χ0) is 14.0. The molecule has 0 spiro atoms. The number of benzene rings is 1. The summed E-state index contributed by atoms with van der Waals surface area (Å²) in [5.74, 6) is 0. The molecule has 1 N–H and O–H groups in total. The van der Waals surface area contributed by atoms with Crippen LogP contribution in [0.1, 0.15) is 16.8 Å². The summed E-state index contributed by atoms with van der Waals surface area (Å²) < 4.78 is 26.9. The number of aryl methyl sites for hydroxylation is 2. The predicted octanol–water partition coefficient (Wildman–Crippen LogP) is 2.43. The molecule has 0 saturated heterocycles. The smallest absolute Gasteiger partial charge is 0.255 e. The Morgan fingerprint density at radius 2 is 2.11 bits per heavy atom. The van der Waals surface area contributed by atoms with E-state index < -0.39 is 10.0 Å². The lowest BCUT2D eigenvalue weighted by atomic mass is 10.2. The number of aromatic nitrogens is 1. The number of nitriles is 1. The molecule has 1 aromatic carbocycles. The van der Waals surface area contributed by atoms with Gasteiger partial charge in [0.1, 0.15) is 0 Å². The first-order valence-electron chi connectivity index (χ1n) is 5.38. The van der Waals surface area contributed by atoms with Crippen LogP contribution in [-0.4, -0.2) is 13.4 Å². The second-order valence-electron chi connectivity index (χ2n) is 3.99. The number of anilines is 1. The van der Waals surface area contributed by atoms with Crippen LogP contribution < -0.4 is 4.72 Å². The number of hydrogen-bond acceptors (Lipinski definition) is 5. The monoisotopic (exact) mass is 293 g/mol. The van der Waals surface area contributed by atoms with Gasteiger partial charge in [-0.25, -0.2) is 13.4 Å². The molecule has 98 valence electrons. The van der Waals surface area contributed by atoms with E-state index in [0.717, 1.165) is 5.69 Å². The molecular weight excluding hydrogens is 282 g/mol. The fourth-order valence-electron chi connectivity index (χ4n) is 1.53. The van der Waals surface area contributed by atoms with Crippen LogP contribution in [0.3, 0.4) is 0 Å². The highest BCUT2D eigenvalue weighted by molar-refractivity contribution is 7.93. The van der Waals surface area contributed by atoms with Gasteiger partial charge in [0.05, 0.1) is 22.2 Å². The third kappa shape index (κ3) is 2.92. The maximum atomic E-state index is 12.2. The van der Waals surface area contributed by atoms with Crippen molar-refractivity contribution in [2.24, 2.45) is 0 Å². The van der Waals surface area contributed by atoms with E-state index >= 15 is 0 Å². The molecule has 19 heavy (non-hydrogen) atoms. The van der Waals surface area contributed by atoms with Crippen molar-refractivity contribution in [3.05, 3.63) is 40.4 Å². The topological polar surface area (TPSA) is 82.9 Å². The van der Waals surface area contributed by atoms with Crippen LogP contribution in [0.5, 0.6) is 0 Å². The summed E-state index contributed by atoms with van der Waals surface area (Å²) in [5.41, 5.74) is 1.64. The molecule has 0 bridgehead atoms. The molecule has 0 amide bonds. The van der Waals surface area contributed by atoms with Gasteiger partial charge in [0.2, 0.25) is 0 Å². The highest BCUT2D eigenvalue weighted by Crippen LogP contribution is 2.22. The van der Waals surface area contributed by atoms with E-state index in [4.69, 9.17) is 5.26 Å². The summed E-state index contributed by atoms with van der Waals surface area (Å²) in [6.07, 6.45) is 0. The maximum absolute atomic E-state index is 12.2. The fourth-order valence-corrected chi connectivity index (χ4v) is 3.74. The predicted molar refractivity (Wildman–Crippen MR) is 73.6 cm³/mol. The minimum atomic E-state index is -3.72. The maximum Gasteiger partial charge on any atom is 0.263 e. The zero-order valence-electron chi connectivity index (χ0n) is 10.3. The molecular formula is C12H11N3O2S2. The van der Waals surface area contributed by atoms with Gasteiger partial charge < -0.3 is 0 Å². The Kier molecular flexibility index (Phi) is 3.55. The summed E-state index contributed by atoms with van der Waals surface area (Å²) in [6, 6.07) is 6.49. The number of sulfonamides is 1. The quantitative estimate of drug-likeness (QED) is 0.942. The standard InChI is InChI=1S/C12H11N3O2S2/c1-8-3-4-10(6-13)5-11(8)19(16,17)15-12-14-9(2)7-18-12/h3-5,7H,1-2H3,(H,14,15). The fraction of sp³-hybridized carbons (Fsp3) is 0.167. The SMILES string of the molecule is Cc1csc(NS(=O)(=O)c2cc(C#N)ccc2C)n1. The van der Waals surface area contributed by atoms with Crippen LogP contribution in [-0.2, 0) is 10.0 Å². The summed E-state index contributed by atoms with van der Waals surface area (Å²) in [5, 5.41) is 10.9. The van der Waals surface area contributed by atoms with Crippen LogP contribution in [0.25, 0.3) is 0 Å². The van der Waals surface area contributed by atoms with Crippen LogP contribution in [0.2, 0.25) is 0 Å². The molecule has 0 radical (unpaired) electrons. The summed E-state index contributed by atoms with van der Waals surface area (Å²) >= 11 is 1.22. The Balaban J connectivity index is 2.42. The second-order valence-corrected chi connectivity index (χ2v) is 6.50. The highest BCUT2D eigenvalue weighted by Gasteiger charge is 2.18. The van der Waals surface area contributed by atoms with E-state index in [9.17, 15) is 8.42 Å². The third-order valence-corrected chi connectivity index (χ3v) is 4.93. The lowest BCUT2D eigenvalue weighted by Crippen LogP contribution is -2.14. The van der Waals surface area contributed by atoms with Crippen molar-refractivity contribution in [1.82, 2.24) is 4.98 Å². The van der Waals surface area contributed by atoms with Crippen molar-refractivity contribution in [3.8, 4) is 6.07 Å². The molecule has 0 unspecified atom stereocenters. The number of rotatable bonds is 3. The first-order valence-corrected chi connectivity index (χ1v) is 7.74. The molecule has 2 aromatic rings. The van der Waals surface area contributed by atoms with Crippen molar-refractivity contribution in [2.45, 2.75) is 18.7 Å². The lowest BCUT2D eigenvalue weighted by molar-refractivity contribution is 0.600. The van der Waals surface area contributed by atoms with Crippen molar-refractivity contribution in [3.63, 3.8) is 0 Å². The minimum absolute atomic E-state index is 0.0967. The van der Waals surface area contributed by atoms with E-state index in [-0.39, 0.29) is 4.90 Å². The number of nitrogens with zero attached hydrogens (tertiary/aromatic N) is 2. The van der Waals surface area contributed by atoms with Crippen LogP contribution >= 0.6 is 11.3 Å². The summed E-state index contributed by atoms with van der Waals surface area (Å²) in [4.78, 5) is 4.15. The largest absolute Gasteiger partial charge is 0.263 e. The van der Waals surface area contributed by atoms with Gasteiger partial charge in [0.15, 0.2) is 5.13 Å². The average molecular weight is 293 g/mol. The Bertz CT molecular complexity index is 758. The number of hydrogen-bond donors (Lipinski definition) is 1. The molecule has 0 aliphatic carbocycles. The Hall–Kier alpha value is -1.91. The minimum Gasteiger partial charge on any atom is -0.255 e. The summed E-state index contributed by atoms with van der Waals surface area (Å²) in [6.45, 7) is 3.47. The van der Waals surface area contributed by atoms with E-state index in [1.54, 1.807) is 31.4 Å². The normalized spacial score (nSPS) is 11.0. The first kappa shape index (κ1) is 13.5. The van der Waals surface area contributed by atoms with Gasteiger partial charge in [-0.05, 0) is 31.5 Å². The summed E-state index contributed by atoms with van der Waals surface area (Å²) in [7, 11) is -3.72. The van der Waals surface area contributed by atoms with Crippen molar-refractivity contribution in [1.29, 1.82) is 5.26 Å². The second kappa shape index (κ2) is 4.99. The number of thiazole rings is 1. The molecule has 0 fully saturated rings. The van der Waals surface area contributed by atoms with E-state index in [0.29, 0.717) is 16.3 Å². The van der Waals surface area contributed by atoms with Gasteiger partial charge >= 0.3 is 0 Å². The molecule has 5 nitrogen and oxygen atoms in total. The van der Waals surface area contributed by atoms with Gasteiger partial charge in [-0.1, -0.05) is 6.07 Å². The molecule has 0 atom stereocenters. The van der Waals surface area contributed by atoms with Crippen LogP contribution in [0, 0.1) is 25.2 Å². The van der Waals surface area contributed by atoms with Gasteiger partial charge in [-0.2, -0.15) is 5.26 Å². The highest BCUT2D eigenvalue weighted by atomic mass is 32.2. The van der Waals surface area contributed by atoms with Crippen molar-refractivity contribution in [2.75, 3.05) is 4.72 Å². The Labute approximate surface area is 115 Å². The molecule has 0 aliphatic rings. The molecule has 1 aromatic heterocycles. The molecule has 0 aliphatic heterocycles. The average Bonchev–Trinajstić information content (AvgIpc) is 2.74. The molecule has 0 saturated carbocycles. The Morgan fingerprint density at radius 3 is 2.68 bits per heavy atom. The van der Waals surface area contributed by atoms with E-state index in [1.807, 2.05) is 6.07 Å². The van der Waals surface area contributed by atoms with E-state index in [1.165, 1.54) is 17.4 Å². The van der Waals surface area contributed by atoms with Crippen LogP contribution in [0.15, 0.2) is 28.5 Å². The molecule has 7 heteroatoms. The van der Waals surface area contributed by atoms with Gasteiger partial charge in [-0.15, -0.1) is 11.3 Å². The third-order valence-electron chi connectivity index (χ3n) is 2.45. The first-order chi connectivity index (χ1) is 8.92. The van der Waals surface area contributed by atoms with Crippen LogP contribution in [0.4, 0.5) is 5.13 Å². The van der Waals surface area contributed by atoms with Gasteiger partial charge in [0.25, 0.3) is 10.0 Å². The van der Waals surface area contributed by atoms with Gasteiger partial charge in [-0.3, -0.25) is 4.72 Å². The lowest BCUT2D eigenvalue weighted by Gasteiger charge is -2.08. The van der Waals surface area contributed by atoms with Gasteiger partial charge in [0, 0.05) is 5.38 Å². The molecule has 1 heterocycles. The Morgan fingerprint density at radius 1 is 1.37 bits per heavy atom. The van der Waals surface area contributed by atoms with Crippen molar-refractivity contribution < 1.29 is 8.42 Å². The van der Waals surface area contributed by atoms with E-state index in [2.05, 4.69) is 9.71 Å².